The third kappa shape index (κ3) is 4.49. The van der Waals surface area contributed by atoms with Gasteiger partial charge >= 0.3 is 6.18 Å². The van der Waals surface area contributed by atoms with Gasteiger partial charge in [-0.15, -0.1) is 0 Å². The third-order valence-electron chi connectivity index (χ3n) is 6.40. The van der Waals surface area contributed by atoms with E-state index >= 15 is 0 Å². The van der Waals surface area contributed by atoms with Crippen molar-refractivity contribution in [3.8, 4) is 17.0 Å². The van der Waals surface area contributed by atoms with Crippen LogP contribution in [0.15, 0.2) is 48.7 Å². The number of likely N-dealkylation sites (tertiary alicyclic amines) is 1. The van der Waals surface area contributed by atoms with Gasteiger partial charge in [-0.3, -0.25) is 9.48 Å². The molecule has 2 aliphatic rings. The first-order chi connectivity index (χ1) is 16.6. The van der Waals surface area contributed by atoms with Crippen LogP contribution in [0.25, 0.3) is 11.3 Å². The van der Waals surface area contributed by atoms with E-state index in [-0.39, 0.29) is 28.3 Å². The summed E-state index contributed by atoms with van der Waals surface area (Å²) < 4.78 is 70.1. The number of phenolic OH excluding ortho intramolecular Hbond substituents is 1. The molecule has 0 radical (unpaired) electrons. The molecule has 5 rings (SSSR count). The number of hydrogen-bond acceptors (Lipinski definition) is 3. The Kier molecular flexibility index (Phi) is 6.33. The highest BCUT2D eigenvalue weighted by Gasteiger charge is 2.55. The summed E-state index contributed by atoms with van der Waals surface area (Å²) in [5.41, 5.74) is -2.16. The van der Waals surface area contributed by atoms with Gasteiger partial charge in [0.05, 0.1) is 11.6 Å². The Morgan fingerprint density at radius 2 is 1.71 bits per heavy atom. The summed E-state index contributed by atoms with van der Waals surface area (Å²) in [6.45, 7) is 4.68. The average Bonchev–Trinajstić information content (AvgIpc) is 3.20. The van der Waals surface area contributed by atoms with Gasteiger partial charge in [0, 0.05) is 30.3 Å². The number of aromatic hydroxyl groups is 1. The van der Waals surface area contributed by atoms with E-state index in [4.69, 9.17) is 0 Å². The first kappa shape index (κ1) is 24.7. The van der Waals surface area contributed by atoms with Crippen molar-refractivity contribution in [2.45, 2.75) is 38.9 Å². The number of hydrogen-bond donors (Lipinski definition) is 1. The molecule has 1 spiro atoms. The standard InChI is InChI=1S/C23H18F5N3O2.C2H6/c24-18-4-2-1-3-15(18)20-17(23(26,27)28)10-31(29-20)13-8-22(9-13)11-30(12-22)21(33)16-7-14(32)5-6-19(16)25;1-2/h1-7,10,13,32H,8-9,11-12H2;1-2H3. The molecule has 2 heterocycles. The predicted molar refractivity (Wildman–Crippen MR) is 119 cm³/mol. The summed E-state index contributed by atoms with van der Waals surface area (Å²) in [7, 11) is 0. The van der Waals surface area contributed by atoms with Crippen LogP contribution in [-0.4, -0.2) is 38.8 Å². The smallest absolute Gasteiger partial charge is 0.420 e. The van der Waals surface area contributed by atoms with Gasteiger partial charge in [-0.2, -0.15) is 18.3 Å². The quantitative estimate of drug-likeness (QED) is 0.452. The minimum absolute atomic E-state index is 0.217. The minimum Gasteiger partial charge on any atom is -0.508 e. The second kappa shape index (κ2) is 8.98. The summed E-state index contributed by atoms with van der Waals surface area (Å²) in [6.07, 6.45) is -2.80. The van der Waals surface area contributed by atoms with Crippen molar-refractivity contribution in [1.29, 1.82) is 0 Å². The van der Waals surface area contributed by atoms with E-state index < -0.39 is 35.0 Å². The van der Waals surface area contributed by atoms with Crippen molar-refractivity contribution in [1.82, 2.24) is 14.7 Å². The average molecular weight is 493 g/mol. The number of phenols is 1. The first-order valence-electron chi connectivity index (χ1n) is 11.3. The molecule has 10 heteroatoms. The Morgan fingerprint density at radius 3 is 2.34 bits per heavy atom. The van der Waals surface area contributed by atoms with Gasteiger partial charge < -0.3 is 10.0 Å². The molecular formula is C25H24F5N3O2. The third-order valence-corrected chi connectivity index (χ3v) is 6.40. The Labute approximate surface area is 198 Å². The Bertz CT molecular complexity index is 1240. The van der Waals surface area contributed by atoms with Crippen LogP contribution in [0.5, 0.6) is 5.75 Å². The van der Waals surface area contributed by atoms with Crippen molar-refractivity contribution in [3.63, 3.8) is 0 Å². The summed E-state index contributed by atoms with van der Waals surface area (Å²) in [5, 5.41) is 13.6. The van der Waals surface area contributed by atoms with Crippen LogP contribution in [0.2, 0.25) is 0 Å². The van der Waals surface area contributed by atoms with Crippen LogP contribution >= 0.6 is 0 Å². The monoisotopic (exact) mass is 493 g/mol. The zero-order chi connectivity index (χ0) is 25.5. The van der Waals surface area contributed by atoms with Crippen LogP contribution < -0.4 is 0 Å². The lowest BCUT2D eigenvalue weighted by Crippen LogP contribution is -2.63. The van der Waals surface area contributed by atoms with E-state index in [0.29, 0.717) is 25.9 Å². The summed E-state index contributed by atoms with van der Waals surface area (Å²) >= 11 is 0. The fourth-order valence-corrected chi connectivity index (χ4v) is 4.78. The molecule has 1 saturated carbocycles. The summed E-state index contributed by atoms with van der Waals surface area (Å²) in [6, 6.07) is 8.10. The number of benzene rings is 2. The number of aromatic nitrogens is 2. The van der Waals surface area contributed by atoms with E-state index in [9.17, 15) is 31.9 Å². The van der Waals surface area contributed by atoms with Crippen LogP contribution in [0.3, 0.4) is 0 Å². The summed E-state index contributed by atoms with van der Waals surface area (Å²) in [5.74, 6) is -2.28. The van der Waals surface area contributed by atoms with Gasteiger partial charge in [-0.05, 0) is 43.2 Å². The number of nitrogens with zero attached hydrogens (tertiary/aromatic N) is 3. The second-order valence-electron chi connectivity index (χ2n) is 8.74. The minimum atomic E-state index is -4.69. The topological polar surface area (TPSA) is 58.4 Å². The number of amides is 1. The molecule has 1 aliphatic carbocycles. The molecule has 186 valence electrons. The first-order valence-corrected chi connectivity index (χ1v) is 11.3. The maximum absolute atomic E-state index is 14.2. The molecule has 0 atom stereocenters. The van der Waals surface area contributed by atoms with Gasteiger partial charge in [0.25, 0.3) is 5.91 Å². The molecule has 1 N–H and O–H groups in total. The highest BCUT2D eigenvalue weighted by atomic mass is 19.4. The lowest BCUT2D eigenvalue weighted by Gasteiger charge is -2.58. The fraction of sp³-hybridized carbons (Fsp3) is 0.360. The largest absolute Gasteiger partial charge is 0.508 e. The van der Waals surface area contributed by atoms with Crippen LogP contribution in [0.1, 0.15) is 48.7 Å². The van der Waals surface area contributed by atoms with Gasteiger partial charge in [0.15, 0.2) is 0 Å². The number of alkyl halides is 3. The van der Waals surface area contributed by atoms with Crippen molar-refractivity contribution in [3.05, 3.63) is 71.4 Å². The van der Waals surface area contributed by atoms with E-state index in [0.717, 1.165) is 30.5 Å². The van der Waals surface area contributed by atoms with Crippen LogP contribution in [-0.2, 0) is 6.18 Å². The molecule has 35 heavy (non-hydrogen) atoms. The van der Waals surface area contributed by atoms with Crippen molar-refractivity contribution in [2.75, 3.05) is 13.1 Å². The Morgan fingerprint density at radius 1 is 1.06 bits per heavy atom. The Hall–Kier alpha value is -3.43. The summed E-state index contributed by atoms with van der Waals surface area (Å²) in [4.78, 5) is 14.0. The molecule has 1 aliphatic heterocycles. The molecule has 3 aromatic rings. The molecule has 2 fully saturated rings. The molecule has 0 bridgehead atoms. The maximum Gasteiger partial charge on any atom is 0.420 e. The fourth-order valence-electron chi connectivity index (χ4n) is 4.78. The molecule has 0 unspecified atom stereocenters. The number of carbonyl (C=O) groups excluding carboxylic acids is 1. The number of carbonyl (C=O) groups is 1. The van der Waals surface area contributed by atoms with Crippen molar-refractivity contribution in [2.24, 2.45) is 5.41 Å². The van der Waals surface area contributed by atoms with E-state index in [2.05, 4.69) is 5.10 Å². The maximum atomic E-state index is 14.2. The van der Waals surface area contributed by atoms with Gasteiger partial charge in [0.1, 0.15) is 28.6 Å². The van der Waals surface area contributed by atoms with Crippen molar-refractivity contribution >= 4 is 5.91 Å². The van der Waals surface area contributed by atoms with Crippen molar-refractivity contribution < 1.29 is 31.9 Å². The number of rotatable bonds is 3. The lowest BCUT2D eigenvalue weighted by molar-refractivity contribution is -0.137. The highest BCUT2D eigenvalue weighted by Crippen LogP contribution is 2.54. The molecule has 5 nitrogen and oxygen atoms in total. The molecule has 1 saturated heterocycles. The number of halogens is 5. The second-order valence-corrected chi connectivity index (χ2v) is 8.74. The molecule has 2 aromatic carbocycles. The Balaban J connectivity index is 0.00000141. The molecule has 1 aromatic heterocycles. The van der Waals surface area contributed by atoms with Gasteiger partial charge in [-0.25, -0.2) is 8.78 Å². The zero-order valence-corrected chi connectivity index (χ0v) is 19.1. The highest BCUT2D eigenvalue weighted by molar-refractivity contribution is 5.95. The lowest BCUT2D eigenvalue weighted by atomic mass is 9.60. The zero-order valence-electron chi connectivity index (χ0n) is 19.1. The van der Waals surface area contributed by atoms with Gasteiger partial charge in [0.2, 0.25) is 0 Å². The van der Waals surface area contributed by atoms with Crippen LogP contribution in [0, 0.1) is 17.0 Å². The van der Waals surface area contributed by atoms with Crippen LogP contribution in [0.4, 0.5) is 22.0 Å². The SMILES string of the molecule is CC.O=C(c1cc(O)ccc1F)N1CC2(CC(n3cc(C(F)(F)F)c(-c4ccccc4F)n3)C2)C1. The normalized spacial score (nSPS) is 16.8. The molecule has 1 amide bonds. The van der Waals surface area contributed by atoms with E-state index in [1.165, 1.54) is 27.8 Å². The van der Waals surface area contributed by atoms with E-state index in [1.54, 1.807) is 0 Å². The predicted octanol–water partition coefficient (Wildman–Crippen LogP) is 6.06. The van der Waals surface area contributed by atoms with Gasteiger partial charge in [-0.1, -0.05) is 26.0 Å². The molecular weight excluding hydrogens is 469 g/mol. The van der Waals surface area contributed by atoms with E-state index in [1.807, 2.05) is 13.8 Å².